The second-order valence-corrected chi connectivity index (χ2v) is 7.32. The van der Waals surface area contributed by atoms with Crippen molar-refractivity contribution in [2.75, 3.05) is 6.54 Å². The Labute approximate surface area is 150 Å². The number of benzene rings is 1. The quantitative estimate of drug-likeness (QED) is 0.834. The van der Waals surface area contributed by atoms with Crippen molar-refractivity contribution in [1.29, 1.82) is 0 Å². The Kier molecular flexibility index (Phi) is 5.57. The first-order valence-electron chi connectivity index (χ1n) is 9.42. The van der Waals surface area contributed by atoms with E-state index in [4.69, 9.17) is 0 Å². The van der Waals surface area contributed by atoms with E-state index in [1.54, 1.807) is 4.90 Å². The summed E-state index contributed by atoms with van der Waals surface area (Å²) in [5.41, 5.74) is 3.39. The summed E-state index contributed by atoms with van der Waals surface area (Å²) >= 11 is 0. The average Bonchev–Trinajstić information content (AvgIpc) is 2.61. The molecule has 1 aromatic carbocycles. The lowest BCUT2D eigenvalue weighted by atomic mass is 9.90. The number of hydrogen-bond acceptors (Lipinski definition) is 2. The standard InChI is InChI=1S/C21H28N2O2/c1-15(2)23-19(24)14-17-10-6-7-11-18(17)20(23)21(25)22-13-12-16-8-4-3-5-9-16/h6-8,10-11,15,20H,3-5,9,12-14H2,1-2H3,(H,22,25)/t20-/m0/s1. The molecular formula is C21H28N2O2. The monoisotopic (exact) mass is 340 g/mol. The van der Waals surface area contributed by atoms with Crippen molar-refractivity contribution in [2.45, 2.75) is 64.5 Å². The minimum Gasteiger partial charge on any atom is -0.354 e. The molecule has 0 saturated heterocycles. The van der Waals surface area contributed by atoms with E-state index in [9.17, 15) is 9.59 Å². The third-order valence-corrected chi connectivity index (χ3v) is 5.19. The van der Waals surface area contributed by atoms with Crippen LogP contribution in [0.1, 0.15) is 63.1 Å². The Morgan fingerprint density at radius 3 is 2.80 bits per heavy atom. The topological polar surface area (TPSA) is 49.4 Å². The Bertz CT molecular complexity index is 678. The molecule has 3 rings (SSSR count). The summed E-state index contributed by atoms with van der Waals surface area (Å²) in [6.07, 6.45) is 8.45. The number of amides is 2. The number of carbonyl (C=O) groups is 2. The molecule has 0 saturated carbocycles. The van der Waals surface area contributed by atoms with Gasteiger partial charge in [-0.1, -0.05) is 35.9 Å². The third kappa shape index (κ3) is 3.94. The normalized spacial score (nSPS) is 20.3. The maximum Gasteiger partial charge on any atom is 0.247 e. The Hall–Kier alpha value is -2.10. The molecule has 2 amide bonds. The van der Waals surface area contributed by atoms with Crippen LogP contribution in [0.4, 0.5) is 0 Å². The van der Waals surface area contributed by atoms with E-state index in [1.807, 2.05) is 38.1 Å². The molecule has 0 aromatic heterocycles. The molecule has 1 aliphatic heterocycles. The highest BCUT2D eigenvalue weighted by atomic mass is 16.2. The van der Waals surface area contributed by atoms with Gasteiger partial charge >= 0.3 is 0 Å². The van der Waals surface area contributed by atoms with E-state index in [0.29, 0.717) is 13.0 Å². The number of nitrogens with one attached hydrogen (secondary N) is 1. The molecule has 0 spiro atoms. The lowest BCUT2D eigenvalue weighted by molar-refractivity contribution is -0.143. The van der Waals surface area contributed by atoms with Crippen molar-refractivity contribution in [1.82, 2.24) is 10.2 Å². The number of carbonyl (C=O) groups excluding carboxylic acids is 2. The van der Waals surface area contributed by atoms with Gasteiger partial charge in [0.2, 0.25) is 11.8 Å². The van der Waals surface area contributed by atoms with Crippen LogP contribution in [0.3, 0.4) is 0 Å². The predicted octanol–water partition coefficient (Wildman–Crippen LogP) is 3.53. The Balaban J connectivity index is 1.73. The lowest BCUT2D eigenvalue weighted by Gasteiger charge is -2.39. The van der Waals surface area contributed by atoms with E-state index >= 15 is 0 Å². The van der Waals surface area contributed by atoms with Gasteiger partial charge in [-0.3, -0.25) is 9.59 Å². The molecule has 1 aromatic rings. The number of rotatable bonds is 5. The van der Waals surface area contributed by atoms with Gasteiger partial charge in [0.1, 0.15) is 6.04 Å². The van der Waals surface area contributed by atoms with E-state index in [1.165, 1.54) is 18.4 Å². The summed E-state index contributed by atoms with van der Waals surface area (Å²) in [5, 5.41) is 3.07. The molecule has 0 unspecified atom stereocenters. The zero-order valence-electron chi connectivity index (χ0n) is 15.3. The van der Waals surface area contributed by atoms with Crippen LogP contribution in [0.2, 0.25) is 0 Å². The van der Waals surface area contributed by atoms with Gasteiger partial charge in [-0.05, 0) is 57.1 Å². The van der Waals surface area contributed by atoms with Gasteiger partial charge in [0, 0.05) is 12.6 Å². The van der Waals surface area contributed by atoms with Crippen LogP contribution >= 0.6 is 0 Å². The number of fused-ring (bicyclic) bond motifs is 1. The summed E-state index contributed by atoms with van der Waals surface area (Å²) in [6, 6.07) is 7.29. The first-order chi connectivity index (χ1) is 12.1. The summed E-state index contributed by atoms with van der Waals surface area (Å²) in [4.78, 5) is 27.2. The van der Waals surface area contributed by atoms with Crippen LogP contribution in [0.25, 0.3) is 0 Å². The van der Waals surface area contributed by atoms with Crippen LogP contribution in [-0.2, 0) is 16.0 Å². The third-order valence-electron chi connectivity index (χ3n) is 5.19. The average molecular weight is 340 g/mol. The zero-order valence-corrected chi connectivity index (χ0v) is 15.3. The van der Waals surface area contributed by atoms with Crippen LogP contribution in [0, 0.1) is 0 Å². The van der Waals surface area contributed by atoms with Gasteiger partial charge in [-0.2, -0.15) is 0 Å². The highest BCUT2D eigenvalue weighted by molar-refractivity contribution is 5.92. The molecule has 25 heavy (non-hydrogen) atoms. The van der Waals surface area contributed by atoms with Crippen LogP contribution in [-0.4, -0.2) is 29.3 Å². The van der Waals surface area contributed by atoms with Crippen molar-refractivity contribution < 1.29 is 9.59 Å². The first-order valence-corrected chi connectivity index (χ1v) is 9.42. The van der Waals surface area contributed by atoms with E-state index < -0.39 is 6.04 Å². The predicted molar refractivity (Wildman–Crippen MR) is 99.0 cm³/mol. The molecule has 1 atom stereocenters. The van der Waals surface area contributed by atoms with E-state index in [0.717, 1.165) is 30.4 Å². The van der Waals surface area contributed by atoms with E-state index in [2.05, 4.69) is 11.4 Å². The highest BCUT2D eigenvalue weighted by Gasteiger charge is 2.38. The van der Waals surface area contributed by atoms with E-state index in [-0.39, 0.29) is 17.9 Å². The second-order valence-electron chi connectivity index (χ2n) is 7.32. The van der Waals surface area contributed by atoms with Gasteiger partial charge in [0.25, 0.3) is 0 Å². The summed E-state index contributed by atoms with van der Waals surface area (Å²) in [5.74, 6) is -0.0329. The minimum atomic E-state index is -0.516. The fraction of sp³-hybridized carbons (Fsp3) is 0.524. The maximum atomic E-state index is 12.9. The van der Waals surface area contributed by atoms with Gasteiger partial charge < -0.3 is 10.2 Å². The molecule has 1 heterocycles. The van der Waals surface area contributed by atoms with Crippen LogP contribution in [0.15, 0.2) is 35.9 Å². The second kappa shape index (κ2) is 7.85. The molecule has 0 radical (unpaired) electrons. The van der Waals surface area contributed by atoms with Crippen molar-refractivity contribution in [3.63, 3.8) is 0 Å². The van der Waals surface area contributed by atoms with Gasteiger partial charge in [0.15, 0.2) is 0 Å². The summed E-state index contributed by atoms with van der Waals surface area (Å²) < 4.78 is 0. The van der Waals surface area contributed by atoms with Crippen molar-refractivity contribution in [2.24, 2.45) is 0 Å². The minimum absolute atomic E-state index is 0.00217. The largest absolute Gasteiger partial charge is 0.354 e. The SMILES string of the molecule is CC(C)N1C(=O)Cc2ccccc2[C@H]1C(=O)NCCC1=CCCCC1. The zero-order chi connectivity index (χ0) is 17.8. The van der Waals surface area contributed by atoms with Crippen molar-refractivity contribution in [3.05, 3.63) is 47.0 Å². The lowest BCUT2D eigenvalue weighted by Crippen LogP contribution is -2.50. The first kappa shape index (κ1) is 17.7. The summed E-state index contributed by atoms with van der Waals surface area (Å²) in [7, 11) is 0. The molecular weight excluding hydrogens is 312 g/mol. The van der Waals surface area contributed by atoms with Crippen LogP contribution < -0.4 is 5.32 Å². The maximum absolute atomic E-state index is 12.9. The number of nitrogens with zero attached hydrogens (tertiary/aromatic N) is 1. The number of allylic oxidation sites excluding steroid dienone is 1. The molecule has 134 valence electrons. The molecule has 2 aliphatic rings. The van der Waals surface area contributed by atoms with Gasteiger partial charge in [-0.25, -0.2) is 0 Å². The molecule has 0 bridgehead atoms. The number of hydrogen-bond donors (Lipinski definition) is 1. The smallest absolute Gasteiger partial charge is 0.247 e. The Morgan fingerprint density at radius 1 is 1.28 bits per heavy atom. The van der Waals surface area contributed by atoms with Crippen molar-refractivity contribution in [3.8, 4) is 0 Å². The molecule has 4 heteroatoms. The molecule has 4 nitrogen and oxygen atoms in total. The molecule has 0 fully saturated rings. The van der Waals surface area contributed by atoms with Crippen molar-refractivity contribution >= 4 is 11.8 Å². The van der Waals surface area contributed by atoms with Gasteiger partial charge in [-0.15, -0.1) is 0 Å². The highest BCUT2D eigenvalue weighted by Crippen LogP contribution is 2.32. The molecule has 1 N–H and O–H groups in total. The van der Waals surface area contributed by atoms with Gasteiger partial charge in [0.05, 0.1) is 6.42 Å². The Morgan fingerprint density at radius 2 is 2.08 bits per heavy atom. The summed E-state index contributed by atoms with van der Waals surface area (Å²) in [6.45, 7) is 4.58. The fourth-order valence-corrected chi connectivity index (χ4v) is 3.94. The fourth-order valence-electron chi connectivity index (χ4n) is 3.94. The molecule has 1 aliphatic carbocycles. The van der Waals surface area contributed by atoms with Crippen LogP contribution in [0.5, 0.6) is 0 Å².